The van der Waals surface area contributed by atoms with Crippen LogP contribution < -0.4 is 9.21 Å². The Bertz CT molecular complexity index is 827. The minimum atomic E-state index is -3.62. The van der Waals surface area contributed by atoms with Gasteiger partial charge in [-0.25, -0.2) is 8.42 Å². The number of nitrogens with zero attached hydrogens (tertiary/aromatic N) is 3. The molecule has 0 saturated carbocycles. The van der Waals surface area contributed by atoms with Gasteiger partial charge in [0.1, 0.15) is 0 Å². The number of aliphatic hydroxyl groups is 1. The van der Waals surface area contributed by atoms with Crippen LogP contribution in [0.3, 0.4) is 0 Å². The molecule has 0 aliphatic carbocycles. The highest BCUT2D eigenvalue weighted by Crippen LogP contribution is 2.25. The molecule has 6 nitrogen and oxygen atoms in total. The van der Waals surface area contributed by atoms with Gasteiger partial charge < -0.3 is 14.9 Å². The first-order valence-corrected chi connectivity index (χ1v) is 10.1. The smallest absolute Gasteiger partial charge is 0.264 e. The van der Waals surface area contributed by atoms with Gasteiger partial charge in [-0.3, -0.25) is 4.31 Å². The van der Waals surface area contributed by atoms with Crippen LogP contribution in [-0.4, -0.2) is 58.7 Å². The summed E-state index contributed by atoms with van der Waals surface area (Å²) < 4.78 is 27.0. The summed E-state index contributed by atoms with van der Waals surface area (Å²) in [6.07, 6.45) is 0. The zero-order chi connectivity index (χ0) is 18.7. The van der Waals surface area contributed by atoms with Crippen molar-refractivity contribution in [1.82, 2.24) is 4.90 Å². The van der Waals surface area contributed by atoms with E-state index in [0.717, 1.165) is 37.4 Å². The lowest BCUT2D eigenvalue weighted by molar-refractivity contribution is 0.282. The summed E-state index contributed by atoms with van der Waals surface area (Å²) in [7, 11) is 0.0227. The van der Waals surface area contributed by atoms with Crippen molar-refractivity contribution >= 4 is 21.4 Å². The number of piperazine rings is 1. The maximum atomic E-state index is 12.9. The fourth-order valence-corrected chi connectivity index (χ4v) is 4.20. The molecular formula is C19H25N3O3S. The van der Waals surface area contributed by atoms with Crippen molar-refractivity contribution in [2.75, 3.05) is 49.5 Å². The summed E-state index contributed by atoms with van der Waals surface area (Å²) in [5.41, 5.74) is 2.36. The summed E-state index contributed by atoms with van der Waals surface area (Å²) in [4.78, 5) is 4.82. The van der Waals surface area contributed by atoms with Crippen molar-refractivity contribution in [2.45, 2.75) is 11.5 Å². The number of rotatable bonds is 5. The maximum absolute atomic E-state index is 12.9. The SMILES string of the molecule is CN1CCN(c2ccc(S(=O)(=O)N(C)c3ccc(CO)cc3)cc2)CC1. The van der Waals surface area contributed by atoms with Crippen molar-refractivity contribution in [3.8, 4) is 0 Å². The Hall–Kier alpha value is -2.09. The molecule has 1 N–H and O–H groups in total. The molecule has 2 aromatic rings. The summed E-state index contributed by atoms with van der Waals surface area (Å²) in [6.45, 7) is 3.84. The van der Waals surface area contributed by atoms with E-state index < -0.39 is 10.0 Å². The molecule has 3 rings (SSSR count). The maximum Gasteiger partial charge on any atom is 0.264 e. The van der Waals surface area contributed by atoms with Crippen LogP contribution in [0.25, 0.3) is 0 Å². The van der Waals surface area contributed by atoms with Gasteiger partial charge in [0.2, 0.25) is 0 Å². The first-order chi connectivity index (χ1) is 12.4. The number of benzene rings is 2. The molecule has 0 aromatic heterocycles. The van der Waals surface area contributed by atoms with E-state index in [-0.39, 0.29) is 11.5 Å². The Morgan fingerprint density at radius 2 is 1.54 bits per heavy atom. The van der Waals surface area contributed by atoms with Gasteiger partial charge in [-0.15, -0.1) is 0 Å². The largest absolute Gasteiger partial charge is 0.392 e. The summed E-state index contributed by atoms with van der Waals surface area (Å²) in [5.74, 6) is 0. The summed E-state index contributed by atoms with van der Waals surface area (Å²) in [5, 5.41) is 9.11. The highest BCUT2D eigenvalue weighted by molar-refractivity contribution is 7.92. The second kappa shape index (κ2) is 7.65. The van der Waals surface area contributed by atoms with E-state index in [1.807, 2.05) is 12.1 Å². The minimum absolute atomic E-state index is 0.0650. The zero-order valence-corrected chi connectivity index (χ0v) is 16.0. The average molecular weight is 375 g/mol. The van der Waals surface area contributed by atoms with E-state index >= 15 is 0 Å². The van der Waals surface area contributed by atoms with E-state index in [0.29, 0.717) is 5.69 Å². The van der Waals surface area contributed by atoms with Crippen molar-refractivity contribution in [3.05, 3.63) is 54.1 Å². The standard InChI is InChI=1S/C19H25N3O3S/c1-20-11-13-22(14-12-20)18-7-9-19(10-8-18)26(24,25)21(2)17-5-3-16(15-23)4-6-17/h3-10,23H,11-15H2,1-2H3. The molecule has 0 spiro atoms. The van der Waals surface area contributed by atoms with E-state index in [1.54, 1.807) is 36.4 Å². The van der Waals surface area contributed by atoms with Crippen LogP contribution in [0, 0.1) is 0 Å². The van der Waals surface area contributed by atoms with E-state index in [2.05, 4.69) is 16.8 Å². The van der Waals surface area contributed by atoms with Gasteiger partial charge in [0.25, 0.3) is 10.0 Å². The van der Waals surface area contributed by atoms with E-state index in [1.165, 1.54) is 11.4 Å². The molecule has 140 valence electrons. The molecule has 0 atom stereocenters. The molecule has 26 heavy (non-hydrogen) atoms. The van der Waals surface area contributed by atoms with Gasteiger partial charge in [0, 0.05) is 38.9 Å². The third kappa shape index (κ3) is 3.85. The van der Waals surface area contributed by atoms with E-state index in [9.17, 15) is 8.42 Å². The first-order valence-electron chi connectivity index (χ1n) is 8.64. The topological polar surface area (TPSA) is 64.1 Å². The Kier molecular flexibility index (Phi) is 5.50. The molecular weight excluding hydrogens is 350 g/mol. The average Bonchev–Trinajstić information content (AvgIpc) is 2.68. The second-order valence-electron chi connectivity index (χ2n) is 6.58. The molecule has 2 aromatic carbocycles. The van der Waals surface area contributed by atoms with Crippen LogP contribution in [0.2, 0.25) is 0 Å². The van der Waals surface area contributed by atoms with Crippen LogP contribution in [0.1, 0.15) is 5.56 Å². The summed E-state index contributed by atoms with van der Waals surface area (Å²) in [6, 6.07) is 13.9. The van der Waals surface area contributed by atoms with Gasteiger partial charge in [-0.05, 0) is 49.0 Å². The second-order valence-corrected chi connectivity index (χ2v) is 8.55. The van der Waals surface area contributed by atoms with Crippen LogP contribution in [0.4, 0.5) is 11.4 Å². The molecule has 0 unspecified atom stereocenters. The Morgan fingerprint density at radius 1 is 0.962 bits per heavy atom. The highest BCUT2D eigenvalue weighted by Gasteiger charge is 2.22. The molecule has 1 aliphatic rings. The predicted octanol–water partition coefficient (Wildman–Crippen LogP) is 1.76. The van der Waals surface area contributed by atoms with Gasteiger partial charge >= 0.3 is 0 Å². The van der Waals surface area contributed by atoms with Crippen LogP contribution in [0.15, 0.2) is 53.4 Å². The van der Waals surface area contributed by atoms with Crippen molar-refractivity contribution in [2.24, 2.45) is 0 Å². The highest BCUT2D eigenvalue weighted by atomic mass is 32.2. The molecule has 0 amide bonds. The third-order valence-corrected chi connectivity index (χ3v) is 6.65. The molecule has 1 aliphatic heterocycles. The van der Waals surface area contributed by atoms with Crippen molar-refractivity contribution < 1.29 is 13.5 Å². The molecule has 1 saturated heterocycles. The number of sulfonamides is 1. The first kappa shape index (κ1) is 18.7. The zero-order valence-electron chi connectivity index (χ0n) is 15.2. The fraction of sp³-hybridized carbons (Fsp3) is 0.368. The van der Waals surface area contributed by atoms with E-state index in [4.69, 9.17) is 5.11 Å². The minimum Gasteiger partial charge on any atom is -0.392 e. The Balaban J connectivity index is 1.78. The van der Waals surface area contributed by atoms with Crippen molar-refractivity contribution in [3.63, 3.8) is 0 Å². The lowest BCUT2D eigenvalue weighted by Crippen LogP contribution is -2.44. The third-order valence-electron chi connectivity index (χ3n) is 4.85. The lowest BCUT2D eigenvalue weighted by atomic mass is 10.2. The number of hydrogen-bond donors (Lipinski definition) is 1. The molecule has 0 radical (unpaired) electrons. The number of anilines is 2. The Labute approximate surface area is 155 Å². The number of hydrogen-bond acceptors (Lipinski definition) is 5. The van der Waals surface area contributed by atoms with Gasteiger partial charge in [0.05, 0.1) is 17.2 Å². The van der Waals surface area contributed by atoms with Crippen LogP contribution >= 0.6 is 0 Å². The van der Waals surface area contributed by atoms with Crippen LogP contribution in [0.5, 0.6) is 0 Å². The fourth-order valence-electron chi connectivity index (χ4n) is 3.00. The normalized spacial score (nSPS) is 15.9. The quantitative estimate of drug-likeness (QED) is 0.863. The molecule has 7 heteroatoms. The monoisotopic (exact) mass is 375 g/mol. The number of likely N-dealkylation sites (N-methyl/N-ethyl adjacent to an activating group) is 1. The molecule has 1 fully saturated rings. The molecule has 0 bridgehead atoms. The predicted molar refractivity (Wildman–Crippen MR) is 104 cm³/mol. The molecule has 1 heterocycles. The van der Waals surface area contributed by atoms with Gasteiger partial charge in [-0.2, -0.15) is 0 Å². The summed E-state index contributed by atoms with van der Waals surface area (Å²) >= 11 is 0. The van der Waals surface area contributed by atoms with Crippen LogP contribution in [-0.2, 0) is 16.6 Å². The van der Waals surface area contributed by atoms with Gasteiger partial charge in [0.15, 0.2) is 0 Å². The van der Waals surface area contributed by atoms with Crippen molar-refractivity contribution in [1.29, 1.82) is 0 Å². The number of aliphatic hydroxyl groups excluding tert-OH is 1. The lowest BCUT2D eigenvalue weighted by Gasteiger charge is -2.34. The Morgan fingerprint density at radius 3 is 2.08 bits per heavy atom. The van der Waals surface area contributed by atoms with Gasteiger partial charge in [-0.1, -0.05) is 12.1 Å².